The van der Waals surface area contributed by atoms with Crippen LogP contribution in [0, 0.1) is 12.8 Å². The molecule has 1 N–H and O–H groups in total. The molecule has 0 fully saturated rings. The third kappa shape index (κ3) is 2.78. The number of fused-ring (bicyclic) bond motifs is 4. The number of rotatable bonds is 4. The maximum absolute atomic E-state index is 9.17. The average molecular weight is 392 g/mol. The third-order valence-corrected chi connectivity index (χ3v) is 7.24. The number of aliphatic hydroxyl groups excluding tert-OH is 1. The highest BCUT2D eigenvalue weighted by Crippen LogP contribution is 2.53. The molecule has 1 aromatic carbocycles. The van der Waals surface area contributed by atoms with E-state index < -0.39 is 0 Å². The van der Waals surface area contributed by atoms with Crippen LogP contribution < -0.4 is 0 Å². The summed E-state index contributed by atoms with van der Waals surface area (Å²) in [6, 6.07) is 8.69. The summed E-state index contributed by atoms with van der Waals surface area (Å²) in [5.41, 5.74) is 6.30. The lowest BCUT2D eigenvalue weighted by Crippen LogP contribution is -2.44. The molecule has 0 radical (unpaired) electrons. The summed E-state index contributed by atoms with van der Waals surface area (Å²) < 4.78 is 7.95. The fraction of sp³-hybridized carbons (Fsp3) is 0.500. The molecule has 29 heavy (non-hydrogen) atoms. The molecule has 0 bridgehead atoms. The van der Waals surface area contributed by atoms with Crippen LogP contribution in [-0.4, -0.2) is 26.4 Å². The van der Waals surface area contributed by atoms with Gasteiger partial charge in [0.25, 0.3) is 0 Å². The van der Waals surface area contributed by atoms with E-state index in [4.69, 9.17) is 9.51 Å². The minimum atomic E-state index is 0.00998. The Bertz CT molecular complexity index is 1050. The second kappa shape index (κ2) is 6.84. The van der Waals surface area contributed by atoms with Crippen LogP contribution in [0.3, 0.4) is 0 Å². The van der Waals surface area contributed by atoms with Crippen molar-refractivity contribution in [2.75, 3.05) is 6.61 Å². The Morgan fingerprint density at radius 3 is 3.03 bits per heavy atom. The van der Waals surface area contributed by atoms with Gasteiger partial charge in [0.1, 0.15) is 11.6 Å². The van der Waals surface area contributed by atoms with Crippen molar-refractivity contribution in [2.24, 2.45) is 5.92 Å². The van der Waals surface area contributed by atoms with Crippen LogP contribution >= 0.6 is 0 Å². The molecule has 2 aliphatic carbocycles. The van der Waals surface area contributed by atoms with Gasteiger partial charge < -0.3 is 14.2 Å². The van der Waals surface area contributed by atoms with Crippen molar-refractivity contribution in [3.63, 3.8) is 0 Å². The van der Waals surface area contributed by atoms with E-state index in [0.29, 0.717) is 11.8 Å². The summed E-state index contributed by atoms with van der Waals surface area (Å²) >= 11 is 0. The van der Waals surface area contributed by atoms with Gasteiger partial charge in [-0.2, -0.15) is 0 Å². The van der Waals surface area contributed by atoms with Crippen molar-refractivity contribution in [3.05, 3.63) is 64.6 Å². The van der Waals surface area contributed by atoms with E-state index in [1.807, 2.05) is 6.20 Å². The van der Waals surface area contributed by atoms with Crippen LogP contribution in [-0.2, 0) is 24.7 Å². The highest BCUT2D eigenvalue weighted by atomic mass is 16.5. The van der Waals surface area contributed by atoms with Gasteiger partial charge >= 0.3 is 0 Å². The zero-order valence-corrected chi connectivity index (χ0v) is 17.5. The molecule has 0 spiro atoms. The first-order valence-electron chi connectivity index (χ1n) is 10.7. The number of aryl methyl sites for hydroxylation is 2. The Morgan fingerprint density at radius 1 is 1.34 bits per heavy atom. The van der Waals surface area contributed by atoms with Crippen LogP contribution in [0.1, 0.15) is 66.7 Å². The number of aromatic nitrogens is 3. The summed E-state index contributed by atoms with van der Waals surface area (Å²) in [6.45, 7) is 7.02. The number of aliphatic hydroxyl groups is 1. The van der Waals surface area contributed by atoms with Gasteiger partial charge in [-0.15, -0.1) is 0 Å². The van der Waals surface area contributed by atoms with Crippen LogP contribution in [0.15, 0.2) is 35.0 Å². The molecule has 0 saturated carbocycles. The molecule has 0 aliphatic heterocycles. The molecule has 2 aromatic heterocycles. The van der Waals surface area contributed by atoms with E-state index in [1.54, 1.807) is 0 Å². The standard InChI is InChI=1S/C24H29N3O2/c1-15-20-9-10-21-23(24(20,3)13-18-14-25-29-22(15)18)26-16(2)27(21)19-8-4-6-17(12-19)7-5-11-28/h4,6,8,12,14-15,20,28H,5,7,9-11,13H2,1-3H3/t15-,20-,24-/m0/s1. The van der Waals surface area contributed by atoms with Gasteiger partial charge in [-0.3, -0.25) is 0 Å². The maximum Gasteiger partial charge on any atom is 0.143 e. The van der Waals surface area contributed by atoms with Crippen molar-refractivity contribution in [1.29, 1.82) is 0 Å². The lowest BCUT2D eigenvalue weighted by atomic mass is 9.57. The number of hydrogen-bond acceptors (Lipinski definition) is 4. The van der Waals surface area contributed by atoms with E-state index >= 15 is 0 Å². The number of nitrogens with zero attached hydrogens (tertiary/aromatic N) is 3. The van der Waals surface area contributed by atoms with Crippen LogP contribution in [0.5, 0.6) is 0 Å². The molecule has 2 heterocycles. The lowest BCUT2D eigenvalue weighted by molar-refractivity contribution is 0.171. The van der Waals surface area contributed by atoms with Crippen LogP contribution in [0.4, 0.5) is 0 Å². The van der Waals surface area contributed by atoms with Crippen LogP contribution in [0.25, 0.3) is 5.69 Å². The minimum absolute atomic E-state index is 0.00998. The molecule has 3 aromatic rings. The van der Waals surface area contributed by atoms with Crippen LogP contribution in [0.2, 0.25) is 0 Å². The molecule has 5 nitrogen and oxygen atoms in total. The molecular weight excluding hydrogens is 362 g/mol. The van der Waals surface area contributed by atoms with E-state index in [-0.39, 0.29) is 12.0 Å². The number of hydrogen-bond donors (Lipinski definition) is 1. The van der Waals surface area contributed by atoms with Crippen molar-refractivity contribution < 1.29 is 9.63 Å². The van der Waals surface area contributed by atoms with E-state index in [9.17, 15) is 5.11 Å². The summed E-state index contributed by atoms with van der Waals surface area (Å²) in [6.07, 6.45) is 6.71. The topological polar surface area (TPSA) is 64.1 Å². The Kier molecular flexibility index (Phi) is 4.39. The Morgan fingerprint density at radius 2 is 2.21 bits per heavy atom. The molecule has 0 saturated heterocycles. The van der Waals surface area contributed by atoms with Crippen molar-refractivity contribution in [3.8, 4) is 5.69 Å². The van der Waals surface area contributed by atoms with Gasteiger partial charge in [0, 0.05) is 34.9 Å². The largest absolute Gasteiger partial charge is 0.396 e. The highest BCUT2D eigenvalue weighted by Gasteiger charge is 2.50. The van der Waals surface area contributed by atoms with Crippen molar-refractivity contribution in [1.82, 2.24) is 14.7 Å². The van der Waals surface area contributed by atoms with E-state index in [2.05, 4.69) is 54.8 Å². The first-order valence-corrected chi connectivity index (χ1v) is 10.7. The predicted octanol–water partition coefficient (Wildman–Crippen LogP) is 4.27. The van der Waals surface area contributed by atoms with Gasteiger partial charge in [-0.1, -0.05) is 31.1 Å². The van der Waals surface area contributed by atoms with Gasteiger partial charge in [0.15, 0.2) is 0 Å². The summed E-state index contributed by atoms with van der Waals surface area (Å²) in [4.78, 5) is 5.14. The van der Waals surface area contributed by atoms with Gasteiger partial charge in [0.2, 0.25) is 0 Å². The Balaban J connectivity index is 1.59. The molecule has 152 valence electrons. The normalized spacial score (nSPS) is 25.4. The second-order valence-electron chi connectivity index (χ2n) is 9.03. The molecular formula is C24H29N3O2. The Hall–Kier alpha value is -2.40. The zero-order chi connectivity index (χ0) is 20.2. The summed E-state index contributed by atoms with van der Waals surface area (Å²) in [5.74, 6) is 3.02. The fourth-order valence-corrected chi connectivity index (χ4v) is 5.90. The highest BCUT2D eigenvalue weighted by molar-refractivity contribution is 5.45. The smallest absolute Gasteiger partial charge is 0.143 e. The molecule has 5 rings (SSSR count). The monoisotopic (exact) mass is 391 g/mol. The molecule has 3 atom stereocenters. The van der Waals surface area contributed by atoms with E-state index in [1.165, 1.54) is 28.2 Å². The fourth-order valence-electron chi connectivity index (χ4n) is 5.90. The Labute approximate surface area is 171 Å². The van der Waals surface area contributed by atoms with Gasteiger partial charge in [0.05, 0.1) is 11.9 Å². The first-order chi connectivity index (χ1) is 14.0. The third-order valence-electron chi connectivity index (χ3n) is 7.24. The average Bonchev–Trinajstić information content (AvgIpc) is 3.30. The predicted molar refractivity (Wildman–Crippen MR) is 111 cm³/mol. The minimum Gasteiger partial charge on any atom is -0.396 e. The lowest BCUT2D eigenvalue weighted by Gasteiger charge is -2.46. The molecule has 2 aliphatic rings. The zero-order valence-electron chi connectivity index (χ0n) is 17.5. The number of imidazole rings is 1. The van der Waals surface area contributed by atoms with Crippen molar-refractivity contribution in [2.45, 2.75) is 64.2 Å². The van der Waals surface area contributed by atoms with Gasteiger partial charge in [-0.25, -0.2) is 4.98 Å². The van der Waals surface area contributed by atoms with E-state index in [0.717, 1.165) is 43.7 Å². The molecule has 5 heteroatoms. The second-order valence-corrected chi connectivity index (χ2v) is 9.03. The first kappa shape index (κ1) is 18.6. The molecule has 0 unspecified atom stereocenters. The van der Waals surface area contributed by atoms with Gasteiger partial charge in [-0.05, 0) is 62.6 Å². The van der Waals surface area contributed by atoms with Crippen molar-refractivity contribution >= 4 is 0 Å². The number of benzene rings is 1. The SMILES string of the molecule is Cc1nc2c(n1-c1cccc(CCCO)c1)CC[C@H]1[C@H](C)c3oncc3C[C@]21C. The summed E-state index contributed by atoms with van der Waals surface area (Å²) in [7, 11) is 0. The molecule has 0 amide bonds. The summed E-state index contributed by atoms with van der Waals surface area (Å²) in [5, 5.41) is 13.3. The quantitative estimate of drug-likeness (QED) is 0.721. The maximum atomic E-state index is 9.17.